The average Bonchev–Trinajstić information content (AvgIpc) is 2.17. The standard InChI is InChI=1S/C5H6BrNO2/c6-5-2-1-4(9-5)3-8-7/h1-2H,3,7H2. The minimum absolute atomic E-state index is 0.311. The molecule has 1 rings (SSSR count). The second-order valence-electron chi connectivity index (χ2n) is 1.52. The van der Waals surface area contributed by atoms with Gasteiger partial charge in [-0.2, -0.15) is 0 Å². The molecule has 0 amide bonds. The van der Waals surface area contributed by atoms with E-state index in [1.165, 1.54) is 0 Å². The summed E-state index contributed by atoms with van der Waals surface area (Å²) in [4.78, 5) is 4.33. The Morgan fingerprint density at radius 2 is 2.44 bits per heavy atom. The van der Waals surface area contributed by atoms with Crippen LogP contribution in [0.5, 0.6) is 0 Å². The molecule has 50 valence electrons. The van der Waals surface area contributed by atoms with Gasteiger partial charge in [-0.15, -0.1) is 0 Å². The maximum atomic E-state index is 5.04. The summed E-state index contributed by atoms with van der Waals surface area (Å²) in [6.07, 6.45) is 0. The van der Waals surface area contributed by atoms with Crippen LogP contribution in [0.1, 0.15) is 5.76 Å². The maximum Gasteiger partial charge on any atom is 0.169 e. The van der Waals surface area contributed by atoms with Crippen molar-refractivity contribution in [2.45, 2.75) is 6.61 Å². The Labute approximate surface area is 60.9 Å². The molecule has 0 bridgehead atoms. The Kier molecular flexibility index (Phi) is 2.27. The summed E-state index contributed by atoms with van der Waals surface area (Å²) in [5.41, 5.74) is 0. The first-order valence-corrected chi connectivity index (χ1v) is 3.18. The van der Waals surface area contributed by atoms with E-state index in [0.29, 0.717) is 17.0 Å². The van der Waals surface area contributed by atoms with E-state index >= 15 is 0 Å². The summed E-state index contributed by atoms with van der Waals surface area (Å²) in [5.74, 6) is 5.51. The average molecular weight is 192 g/mol. The molecule has 0 unspecified atom stereocenters. The van der Waals surface area contributed by atoms with Gasteiger partial charge in [-0.3, -0.25) is 4.84 Å². The van der Waals surface area contributed by atoms with Gasteiger partial charge in [0.15, 0.2) is 4.67 Å². The summed E-state index contributed by atoms with van der Waals surface area (Å²) < 4.78 is 5.72. The lowest BCUT2D eigenvalue weighted by Crippen LogP contribution is -1.96. The third-order valence-electron chi connectivity index (χ3n) is 0.854. The van der Waals surface area contributed by atoms with Crippen molar-refractivity contribution in [2.24, 2.45) is 5.90 Å². The molecule has 0 saturated carbocycles. The van der Waals surface area contributed by atoms with Crippen LogP contribution in [0.15, 0.2) is 21.2 Å². The van der Waals surface area contributed by atoms with Gasteiger partial charge in [0.1, 0.15) is 12.4 Å². The van der Waals surface area contributed by atoms with Gasteiger partial charge >= 0.3 is 0 Å². The predicted octanol–water partition coefficient (Wildman–Crippen LogP) is 1.43. The van der Waals surface area contributed by atoms with Gasteiger partial charge < -0.3 is 4.42 Å². The Hall–Kier alpha value is -0.320. The van der Waals surface area contributed by atoms with Crippen LogP contribution in [0.2, 0.25) is 0 Å². The first kappa shape index (κ1) is 6.80. The van der Waals surface area contributed by atoms with E-state index in [1.54, 1.807) is 12.1 Å². The molecular formula is C5H6BrNO2. The molecule has 1 aromatic rings. The number of furan rings is 1. The molecule has 0 aliphatic carbocycles. The van der Waals surface area contributed by atoms with E-state index in [2.05, 4.69) is 20.8 Å². The number of rotatable bonds is 2. The minimum Gasteiger partial charge on any atom is -0.452 e. The minimum atomic E-state index is 0.311. The second kappa shape index (κ2) is 3.00. The highest BCUT2D eigenvalue weighted by Gasteiger charge is 1.96. The Bertz CT molecular complexity index is 187. The maximum absolute atomic E-state index is 5.04. The van der Waals surface area contributed by atoms with Crippen molar-refractivity contribution >= 4 is 15.9 Å². The third-order valence-corrected chi connectivity index (χ3v) is 1.28. The SMILES string of the molecule is NOCc1ccc(Br)o1. The molecule has 0 saturated heterocycles. The summed E-state index contributed by atoms with van der Waals surface area (Å²) in [6.45, 7) is 0.311. The molecular weight excluding hydrogens is 186 g/mol. The normalized spacial score (nSPS) is 10.0. The predicted molar refractivity (Wildman–Crippen MR) is 35.4 cm³/mol. The van der Waals surface area contributed by atoms with Crippen LogP contribution < -0.4 is 5.90 Å². The smallest absolute Gasteiger partial charge is 0.169 e. The Morgan fingerprint density at radius 1 is 1.67 bits per heavy atom. The fourth-order valence-electron chi connectivity index (χ4n) is 0.511. The highest BCUT2D eigenvalue weighted by atomic mass is 79.9. The van der Waals surface area contributed by atoms with Crippen molar-refractivity contribution < 1.29 is 9.25 Å². The summed E-state index contributed by atoms with van der Waals surface area (Å²) in [5, 5.41) is 0. The molecule has 0 radical (unpaired) electrons. The fraction of sp³-hybridized carbons (Fsp3) is 0.200. The number of nitrogens with two attached hydrogens (primary N) is 1. The number of hydrogen-bond acceptors (Lipinski definition) is 3. The van der Waals surface area contributed by atoms with Crippen LogP contribution >= 0.6 is 15.9 Å². The van der Waals surface area contributed by atoms with E-state index in [9.17, 15) is 0 Å². The molecule has 3 nitrogen and oxygen atoms in total. The van der Waals surface area contributed by atoms with Gasteiger partial charge in [-0.1, -0.05) is 0 Å². The van der Waals surface area contributed by atoms with Crippen molar-refractivity contribution in [3.63, 3.8) is 0 Å². The quantitative estimate of drug-likeness (QED) is 0.721. The van der Waals surface area contributed by atoms with Crippen LogP contribution in [0.4, 0.5) is 0 Å². The fourth-order valence-corrected chi connectivity index (χ4v) is 0.852. The lowest BCUT2D eigenvalue weighted by molar-refractivity contribution is 0.108. The zero-order chi connectivity index (χ0) is 6.69. The lowest BCUT2D eigenvalue weighted by atomic mass is 10.5. The second-order valence-corrected chi connectivity index (χ2v) is 2.30. The summed E-state index contributed by atoms with van der Waals surface area (Å²) >= 11 is 3.14. The molecule has 9 heavy (non-hydrogen) atoms. The van der Waals surface area contributed by atoms with Crippen LogP contribution in [0.3, 0.4) is 0 Å². The van der Waals surface area contributed by atoms with Gasteiger partial charge in [0.2, 0.25) is 0 Å². The molecule has 0 aliphatic heterocycles. The van der Waals surface area contributed by atoms with Gasteiger partial charge in [-0.05, 0) is 28.1 Å². The summed E-state index contributed by atoms with van der Waals surface area (Å²) in [7, 11) is 0. The molecule has 0 spiro atoms. The van der Waals surface area contributed by atoms with Crippen molar-refractivity contribution in [2.75, 3.05) is 0 Å². The molecule has 1 heterocycles. The monoisotopic (exact) mass is 191 g/mol. The van der Waals surface area contributed by atoms with Crippen molar-refractivity contribution in [3.05, 3.63) is 22.6 Å². The third kappa shape index (κ3) is 1.82. The van der Waals surface area contributed by atoms with Gasteiger partial charge in [0.25, 0.3) is 0 Å². The summed E-state index contributed by atoms with van der Waals surface area (Å²) in [6, 6.07) is 3.57. The molecule has 0 atom stereocenters. The van der Waals surface area contributed by atoms with E-state index in [1.807, 2.05) is 0 Å². The Balaban J connectivity index is 2.61. The Morgan fingerprint density at radius 3 is 2.89 bits per heavy atom. The zero-order valence-corrected chi connectivity index (χ0v) is 6.22. The van der Waals surface area contributed by atoms with Crippen LogP contribution in [0, 0.1) is 0 Å². The van der Waals surface area contributed by atoms with E-state index in [0.717, 1.165) is 0 Å². The molecule has 0 aliphatic rings. The van der Waals surface area contributed by atoms with Crippen molar-refractivity contribution in [1.29, 1.82) is 0 Å². The van der Waals surface area contributed by atoms with Gasteiger partial charge in [0.05, 0.1) is 0 Å². The van der Waals surface area contributed by atoms with E-state index in [-0.39, 0.29) is 0 Å². The highest BCUT2D eigenvalue weighted by molar-refractivity contribution is 9.10. The van der Waals surface area contributed by atoms with Crippen LogP contribution in [-0.4, -0.2) is 0 Å². The molecule has 4 heteroatoms. The first-order valence-electron chi connectivity index (χ1n) is 2.39. The zero-order valence-electron chi connectivity index (χ0n) is 4.63. The van der Waals surface area contributed by atoms with Crippen LogP contribution in [0.25, 0.3) is 0 Å². The van der Waals surface area contributed by atoms with Crippen LogP contribution in [-0.2, 0) is 11.4 Å². The van der Waals surface area contributed by atoms with E-state index in [4.69, 9.17) is 10.3 Å². The topological polar surface area (TPSA) is 48.4 Å². The molecule has 0 fully saturated rings. The van der Waals surface area contributed by atoms with Crippen molar-refractivity contribution in [1.82, 2.24) is 0 Å². The largest absolute Gasteiger partial charge is 0.452 e. The molecule has 0 aromatic carbocycles. The lowest BCUT2D eigenvalue weighted by Gasteiger charge is -1.89. The highest BCUT2D eigenvalue weighted by Crippen LogP contribution is 2.13. The van der Waals surface area contributed by atoms with Gasteiger partial charge in [-0.25, -0.2) is 5.90 Å². The first-order chi connectivity index (χ1) is 4.33. The van der Waals surface area contributed by atoms with Crippen molar-refractivity contribution in [3.8, 4) is 0 Å². The molecule has 2 N–H and O–H groups in total. The van der Waals surface area contributed by atoms with E-state index < -0.39 is 0 Å². The number of halogens is 1. The van der Waals surface area contributed by atoms with Gasteiger partial charge in [0, 0.05) is 0 Å². The molecule has 1 aromatic heterocycles. The number of hydrogen-bond donors (Lipinski definition) is 1.